The van der Waals surface area contributed by atoms with Crippen molar-refractivity contribution >= 4 is 0 Å². The van der Waals surface area contributed by atoms with E-state index >= 15 is 0 Å². The fraction of sp³-hybridized carbons (Fsp3) is 0.667. The van der Waals surface area contributed by atoms with Gasteiger partial charge in [-0.15, -0.1) is 6.58 Å². The average Bonchev–Trinajstić information content (AvgIpc) is 2.83. The molecule has 0 aliphatic carbocycles. The first-order valence-corrected chi connectivity index (χ1v) is 5.89. The molecule has 1 heterocycles. The van der Waals surface area contributed by atoms with E-state index in [1.807, 2.05) is 13.8 Å². The number of ether oxygens (including phenoxy) is 1. The first kappa shape index (κ1) is 13.9. The molecule has 5 heteroatoms. The molecule has 1 atom stereocenters. The van der Waals surface area contributed by atoms with E-state index in [0.29, 0.717) is 18.1 Å². The van der Waals surface area contributed by atoms with Gasteiger partial charge in [0.25, 0.3) is 0 Å². The van der Waals surface area contributed by atoms with Gasteiger partial charge in [-0.05, 0) is 19.3 Å². The zero-order chi connectivity index (χ0) is 12.9. The Morgan fingerprint density at radius 3 is 2.65 bits per heavy atom. The highest BCUT2D eigenvalue weighted by Crippen LogP contribution is 2.30. The van der Waals surface area contributed by atoms with E-state index in [4.69, 9.17) is 15.0 Å². The Labute approximate surface area is 102 Å². The summed E-state index contributed by atoms with van der Waals surface area (Å²) >= 11 is 0. The minimum absolute atomic E-state index is 0.294. The van der Waals surface area contributed by atoms with Crippen LogP contribution in [0.4, 0.5) is 0 Å². The predicted octanol–water partition coefficient (Wildman–Crippen LogP) is 2.31. The summed E-state index contributed by atoms with van der Waals surface area (Å²) in [6, 6.07) is -0.294. The largest absolute Gasteiger partial charge is 0.370 e. The lowest BCUT2D eigenvalue weighted by molar-refractivity contribution is -0.0306. The summed E-state index contributed by atoms with van der Waals surface area (Å²) in [5.41, 5.74) is 5.40. The van der Waals surface area contributed by atoms with Gasteiger partial charge in [0.15, 0.2) is 0 Å². The second-order valence-corrected chi connectivity index (χ2v) is 3.99. The van der Waals surface area contributed by atoms with Crippen molar-refractivity contribution in [3.05, 3.63) is 24.4 Å². The van der Waals surface area contributed by atoms with Crippen LogP contribution in [0, 0.1) is 0 Å². The molecule has 1 rings (SSSR count). The standard InChI is InChI=1S/C12H21N3O2/c1-5-8-9(13)10-14-11(15-17-10)12(6-2,7-3)16-4/h5,9H,1,6-8,13H2,2-4H3. The van der Waals surface area contributed by atoms with E-state index in [1.165, 1.54) is 0 Å². The first-order valence-electron chi connectivity index (χ1n) is 5.89. The third-order valence-corrected chi connectivity index (χ3v) is 3.12. The molecule has 0 bridgehead atoms. The Morgan fingerprint density at radius 2 is 2.18 bits per heavy atom. The maximum atomic E-state index is 5.88. The van der Waals surface area contributed by atoms with Crippen LogP contribution in [0.2, 0.25) is 0 Å². The smallest absolute Gasteiger partial charge is 0.243 e. The molecule has 0 fully saturated rings. The van der Waals surface area contributed by atoms with Crippen LogP contribution >= 0.6 is 0 Å². The molecule has 0 radical (unpaired) electrons. The summed E-state index contributed by atoms with van der Waals surface area (Å²) in [5.74, 6) is 1.00. The zero-order valence-electron chi connectivity index (χ0n) is 10.8. The van der Waals surface area contributed by atoms with Crippen LogP contribution in [0.25, 0.3) is 0 Å². The van der Waals surface area contributed by atoms with Crippen molar-refractivity contribution in [3.63, 3.8) is 0 Å². The molecule has 96 valence electrons. The molecule has 1 aromatic heterocycles. The molecule has 2 N–H and O–H groups in total. The Hall–Kier alpha value is -1.20. The van der Waals surface area contributed by atoms with Gasteiger partial charge >= 0.3 is 0 Å². The van der Waals surface area contributed by atoms with E-state index in [9.17, 15) is 0 Å². The maximum absolute atomic E-state index is 5.88. The van der Waals surface area contributed by atoms with Crippen LogP contribution in [0.1, 0.15) is 50.9 Å². The summed E-state index contributed by atoms with van der Waals surface area (Å²) in [6.07, 6.45) is 3.92. The van der Waals surface area contributed by atoms with Crippen molar-refractivity contribution in [2.75, 3.05) is 7.11 Å². The number of nitrogens with zero attached hydrogens (tertiary/aromatic N) is 2. The molecule has 17 heavy (non-hydrogen) atoms. The van der Waals surface area contributed by atoms with Crippen LogP contribution in [-0.2, 0) is 10.3 Å². The molecular formula is C12H21N3O2. The van der Waals surface area contributed by atoms with Crippen molar-refractivity contribution < 1.29 is 9.26 Å². The van der Waals surface area contributed by atoms with Gasteiger partial charge in [0, 0.05) is 7.11 Å². The lowest BCUT2D eigenvalue weighted by Gasteiger charge is -2.25. The summed E-state index contributed by atoms with van der Waals surface area (Å²) in [4.78, 5) is 4.34. The summed E-state index contributed by atoms with van der Waals surface area (Å²) in [5, 5.41) is 3.98. The van der Waals surface area contributed by atoms with Gasteiger partial charge in [-0.2, -0.15) is 4.98 Å². The minimum Gasteiger partial charge on any atom is -0.370 e. The summed E-state index contributed by atoms with van der Waals surface area (Å²) in [7, 11) is 1.66. The molecule has 0 aliphatic rings. The Balaban J connectivity index is 2.96. The first-order chi connectivity index (χ1) is 8.13. The van der Waals surface area contributed by atoms with Gasteiger partial charge in [-0.3, -0.25) is 0 Å². The third-order valence-electron chi connectivity index (χ3n) is 3.12. The minimum atomic E-state index is -0.477. The maximum Gasteiger partial charge on any atom is 0.243 e. The molecule has 0 spiro atoms. The van der Waals surface area contributed by atoms with E-state index < -0.39 is 5.60 Å². The molecule has 0 aromatic carbocycles. The van der Waals surface area contributed by atoms with Crippen LogP contribution < -0.4 is 5.73 Å². The van der Waals surface area contributed by atoms with Crippen molar-refractivity contribution in [1.29, 1.82) is 0 Å². The molecule has 0 saturated carbocycles. The predicted molar refractivity (Wildman–Crippen MR) is 65.3 cm³/mol. The molecule has 5 nitrogen and oxygen atoms in total. The molecule has 0 aliphatic heterocycles. The highest BCUT2D eigenvalue weighted by Gasteiger charge is 2.34. The Kier molecular flexibility index (Phi) is 4.84. The fourth-order valence-corrected chi connectivity index (χ4v) is 1.80. The lowest BCUT2D eigenvalue weighted by atomic mass is 9.96. The van der Waals surface area contributed by atoms with Gasteiger partial charge in [0.2, 0.25) is 11.7 Å². The van der Waals surface area contributed by atoms with Crippen LogP contribution in [-0.4, -0.2) is 17.3 Å². The van der Waals surface area contributed by atoms with Crippen molar-refractivity contribution in [2.24, 2.45) is 5.73 Å². The second kappa shape index (κ2) is 5.93. The normalized spacial score (nSPS) is 13.6. The Bertz CT molecular complexity index is 350. The SMILES string of the molecule is C=CCC(N)c1nc(C(CC)(CC)OC)no1. The van der Waals surface area contributed by atoms with Gasteiger partial charge in [-0.25, -0.2) is 0 Å². The fourth-order valence-electron chi connectivity index (χ4n) is 1.80. The second-order valence-electron chi connectivity index (χ2n) is 3.99. The van der Waals surface area contributed by atoms with E-state index in [1.54, 1.807) is 13.2 Å². The average molecular weight is 239 g/mol. The Morgan fingerprint density at radius 1 is 1.53 bits per heavy atom. The quantitative estimate of drug-likeness (QED) is 0.739. The molecule has 0 saturated heterocycles. The van der Waals surface area contributed by atoms with E-state index in [2.05, 4.69) is 16.7 Å². The highest BCUT2D eigenvalue weighted by atomic mass is 16.5. The third kappa shape index (κ3) is 2.73. The highest BCUT2D eigenvalue weighted by molar-refractivity contribution is 5.03. The lowest BCUT2D eigenvalue weighted by Crippen LogP contribution is -2.28. The van der Waals surface area contributed by atoms with E-state index in [-0.39, 0.29) is 6.04 Å². The molecular weight excluding hydrogens is 218 g/mol. The number of rotatable bonds is 7. The van der Waals surface area contributed by atoms with E-state index in [0.717, 1.165) is 12.8 Å². The number of hydrogen-bond donors (Lipinski definition) is 1. The summed E-state index contributed by atoms with van der Waals surface area (Å²) < 4.78 is 10.7. The van der Waals surface area contributed by atoms with Crippen LogP contribution in [0.5, 0.6) is 0 Å². The van der Waals surface area contributed by atoms with Gasteiger partial charge in [0.1, 0.15) is 5.60 Å². The topological polar surface area (TPSA) is 74.2 Å². The summed E-state index contributed by atoms with van der Waals surface area (Å²) in [6.45, 7) is 7.70. The number of methoxy groups -OCH3 is 1. The number of nitrogens with two attached hydrogens (primary N) is 1. The molecule has 0 amide bonds. The monoisotopic (exact) mass is 239 g/mol. The van der Waals surface area contributed by atoms with Crippen LogP contribution in [0.3, 0.4) is 0 Å². The van der Waals surface area contributed by atoms with Crippen molar-refractivity contribution in [3.8, 4) is 0 Å². The van der Waals surface area contributed by atoms with Gasteiger partial charge < -0.3 is 15.0 Å². The molecule has 1 unspecified atom stereocenters. The zero-order valence-corrected chi connectivity index (χ0v) is 10.8. The van der Waals surface area contributed by atoms with Crippen molar-refractivity contribution in [1.82, 2.24) is 10.1 Å². The number of aromatic nitrogens is 2. The number of hydrogen-bond acceptors (Lipinski definition) is 5. The van der Waals surface area contributed by atoms with Crippen molar-refractivity contribution in [2.45, 2.75) is 44.8 Å². The molecule has 1 aromatic rings. The van der Waals surface area contributed by atoms with Gasteiger partial charge in [-0.1, -0.05) is 25.1 Å². The van der Waals surface area contributed by atoms with Crippen LogP contribution in [0.15, 0.2) is 17.2 Å². The van der Waals surface area contributed by atoms with Gasteiger partial charge in [0.05, 0.1) is 6.04 Å².